The SMILES string of the molecule is O=S(=O)(Cl)CCc1c(Cl)cncc1Cl. The highest BCUT2D eigenvalue weighted by atomic mass is 35.7. The molecule has 7 heteroatoms. The molecule has 0 N–H and O–H groups in total. The highest BCUT2D eigenvalue weighted by Crippen LogP contribution is 2.23. The lowest BCUT2D eigenvalue weighted by Gasteiger charge is -2.03. The van der Waals surface area contributed by atoms with Crippen LogP contribution in [0.25, 0.3) is 0 Å². The van der Waals surface area contributed by atoms with Gasteiger partial charge in [0.2, 0.25) is 9.05 Å². The fourth-order valence-electron chi connectivity index (χ4n) is 0.901. The fraction of sp³-hybridized carbons (Fsp3) is 0.286. The molecule has 3 nitrogen and oxygen atoms in total. The molecule has 0 unspecified atom stereocenters. The molecule has 1 rings (SSSR count). The van der Waals surface area contributed by atoms with E-state index in [9.17, 15) is 8.42 Å². The molecular weight excluding hydrogens is 269 g/mol. The summed E-state index contributed by atoms with van der Waals surface area (Å²) < 4.78 is 21.4. The standard InChI is InChI=1S/C7H6Cl3NO2S/c8-6-3-11-4-7(9)5(6)1-2-14(10,12)13/h3-4H,1-2H2. The second kappa shape index (κ2) is 4.66. The molecule has 0 aliphatic carbocycles. The van der Waals surface area contributed by atoms with Crippen LogP contribution in [0.1, 0.15) is 5.56 Å². The van der Waals surface area contributed by atoms with E-state index in [0.717, 1.165) is 0 Å². The Hall–Kier alpha value is -0.0300. The quantitative estimate of drug-likeness (QED) is 0.796. The number of nitrogens with zero attached hydrogens (tertiary/aromatic N) is 1. The van der Waals surface area contributed by atoms with Crippen LogP contribution in [0.2, 0.25) is 10.0 Å². The van der Waals surface area contributed by atoms with Gasteiger partial charge < -0.3 is 0 Å². The largest absolute Gasteiger partial charge is 0.262 e. The van der Waals surface area contributed by atoms with Crippen LogP contribution in [-0.4, -0.2) is 19.2 Å². The molecule has 0 atom stereocenters. The Balaban J connectivity index is 2.87. The number of pyridine rings is 1. The van der Waals surface area contributed by atoms with Gasteiger partial charge in [0.15, 0.2) is 0 Å². The number of hydrogen-bond acceptors (Lipinski definition) is 3. The molecule has 14 heavy (non-hydrogen) atoms. The van der Waals surface area contributed by atoms with E-state index in [1.54, 1.807) is 0 Å². The van der Waals surface area contributed by atoms with Crippen LogP contribution in [0.15, 0.2) is 12.4 Å². The summed E-state index contributed by atoms with van der Waals surface area (Å²) in [5.74, 6) is -0.196. The summed E-state index contributed by atoms with van der Waals surface area (Å²) in [6, 6.07) is 0. The average molecular weight is 275 g/mol. The van der Waals surface area contributed by atoms with Crippen molar-refractivity contribution < 1.29 is 8.42 Å². The number of halogens is 3. The second-order valence-electron chi connectivity index (χ2n) is 2.57. The van der Waals surface area contributed by atoms with Gasteiger partial charge in [-0.15, -0.1) is 0 Å². The van der Waals surface area contributed by atoms with Gasteiger partial charge in [-0.25, -0.2) is 8.42 Å². The van der Waals surface area contributed by atoms with Gasteiger partial charge in [0.1, 0.15) is 0 Å². The smallest absolute Gasteiger partial charge is 0.232 e. The highest BCUT2D eigenvalue weighted by molar-refractivity contribution is 8.13. The summed E-state index contributed by atoms with van der Waals surface area (Å²) in [5.41, 5.74) is 0.549. The van der Waals surface area contributed by atoms with Crippen LogP contribution >= 0.6 is 33.9 Å². The molecule has 1 aromatic rings. The van der Waals surface area contributed by atoms with Gasteiger partial charge in [-0.1, -0.05) is 23.2 Å². The van der Waals surface area contributed by atoms with Crippen LogP contribution in [0, 0.1) is 0 Å². The van der Waals surface area contributed by atoms with Crippen molar-refractivity contribution in [2.45, 2.75) is 6.42 Å². The van der Waals surface area contributed by atoms with Gasteiger partial charge in [0, 0.05) is 23.1 Å². The molecule has 78 valence electrons. The Bertz CT molecular complexity index is 412. The molecule has 0 bridgehead atoms. The summed E-state index contributed by atoms with van der Waals surface area (Å²) in [6.07, 6.45) is 3.00. The maximum Gasteiger partial charge on any atom is 0.232 e. The summed E-state index contributed by atoms with van der Waals surface area (Å²) in [6.45, 7) is 0. The van der Waals surface area contributed by atoms with Crippen molar-refractivity contribution in [1.82, 2.24) is 4.98 Å². The minimum absolute atomic E-state index is 0.187. The van der Waals surface area contributed by atoms with Crippen LogP contribution in [0.5, 0.6) is 0 Å². The summed E-state index contributed by atoms with van der Waals surface area (Å²) in [4.78, 5) is 3.74. The monoisotopic (exact) mass is 273 g/mol. The van der Waals surface area contributed by atoms with E-state index in [1.807, 2.05) is 0 Å². The number of aromatic nitrogens is 1. The molecule has 0 saturated carbocycles. The zero-order valence-electron chi connectivity index (χ0n) is 6.87. The molecule has 0 amide bonds. The summed E-state index contributed by atoms with van der Waals surface area (Å²) >= 11 is 11.5. The van der Waals surface area contributed by atoms with Crippen molar-refractivity contribution in [1.29, 1.82) is 0 Å². The Morgan fingerprint density at radius 2 is 1.71 bits per heavy atom. The predicted molar refractivity (Wildman–Crippen MR) is 57.6 cm³/mol. The van der Waals surface area contributed by atoms with Crippen molar-refractivity contribution in [2.24, 2.45) is 0 Å². The molecule has 0 saturated heterocycles. The maximum atomic E-state index is 10.7. The maximum absolute atomic E-state index is 10.7. The number of rotatable bonds is 3. The van der Waals surface area contributed by atoms with E-state index in [0.29, 0.717) is 15.6 Å². The lowest BCUT2D eigenvalue weighted by Crippen LogP contribution is -2.02. The van der Waals surface area contributed by atoms with Crippen LogP contribution in [-0.2, 0) is 15.5 Å². The zero-order chi connectivity index (χ0) is 10.8. The van der Waals surface area contributed by atoms with Gasteiger partial charge in [0.25, 0.3) is 0 Å². The molecule has 0 aliphatic heterocycles. The molecular formula is C7H6Cl3NO2S. The van der Waals surface area contributed by atoms with E-state index in [-0.39, 0.29) is 12.2 Å². The van der Waals surface area contributed by atoms with Crippen molar-refractivity contribution in [2.75, 3.05) is 5.75 Å². The Kier molecular flexibility index (Phi) is 4.01. The molecule has 1 aromatic heterocycles. The topological polar surface area (TPSA) is 47.0 Å². The van der Waals surface area contributed by atoms with Crippen LogP contribution < -0.4 is 0 Å². The molecule has 0 fully saturated rings. The Morgan fingerprint density at radius 3 is 2.14 bits per heavy atom. The van der Waals surface area contributed by atoms with Crippen molar-refractivity contribution in [3.05, 3.63) is 28.0 Å². The van der Waals surface area contributed by atoms with E-state index in [4.69, 9.17) is 33.9 Å². The Morgan fingerprint density at radius 1 is 1.21 bits per heavy atom. The molecule has 1 heterocycles. The van der Waals surface area contributed by atoms with Crippen molar-refractivity contribution in [3.63, 3.8) is 0 Å². The summed E-state index contributed by atoms with van der Waals surface area (Å²) in [7, 11) is 1.54. The fourth-order valence-corrected chi connectivity index (χ4v) is 2.13. The minimum Gasteiger partial charge on any atom is -0.262 e. The number of hydrogen-bond donors (Lipinski definition) is 0. The van der Waals surface area contributed by atoms with Gasteiger partial charge >= 0.3 is 0 Å². The second-order valence-corrected chi connectivity index (χ2v) is 6.29. The van der Waals surface area contributed by atoms with Gasteiger partial charge in [-0.2, -0.15) is 0 Å². The predicted octanol–water partition coefficient (Wildman–Crippen LogP) is 2.50. The molecule has 0 aliphatic rings. The normalized spacial score (nSPS) is 11.6. The minimum atomic E-state index is -3.52. The molecule has 0 aromatic carbocycles. The first kappa shape index (κ1) is 12.0. The first-order chi connectivity index (χ1) is 6.40. The van der Waals surface area contributed by atoms with E-state index < -0.39 is 9.05 Å². The first-order valence-corrected chi connectivity index (χ1v) is 6.84. The molecule has 0 radical (unpaired) electrons. The van der Waals surface area contributed by atoms with Crippen LogP contribution in [0.3, 0.4) is 0 Å². The lowest BCUT2D eigenvalue weighted by atomic mass is 10.2. The molecule has 0 spiro atoms. The first-order valence-electron chi connectivity index (χ1n) is 3.60. The van der Waals surface area contributed by atoms with Gasteiger partial charge in [-0.05, 0) is 12.0 Å². The van der Waals surface area contributed by atoms with Crippen LogP contribution in [0.4, 0.5) is 0 Å². The zero-order valence-corrected chi connectivity index (χ0v) is 9.96. The Labute approximate surface area is 96.4 Å². The summed E-state index contributed by atoms with van der Waals surface area (Å²) in [5, 5.41) is 0.690. The third kappa shape index (κ3) is 3.61. The lowest BCUT2D eigenvalue weighted by molar-refractivity contribution is 0.609. The van der Waals surface area contributed by atoms with Crippen molar-refractivity contribution in [3.8, 4) is 0 Å². The average Bonchev–Trinajstić information content (AvgIpc) is 2.01. The van der Waals surface area contributed by atoms with Gasteiger partial charge in [-0.3, -0.25) is 4.98 Å². The third-order valence-corrected chi connectivity index (χ3v) is 3.35. The van der Waals surface area contributed by atoms with E-state index in [2.05, 4.69) is 4.98 Å². The van der Waals surface area contributed by atoms with E-state index >= 15 is 0 Å². The van der Waals surface area contributed by atoms with E-state index in [1.165, 1.54) is 12.4 Å². The highest BCUT2D eigenvalue weighted by Gasteiger charge is 2.11. The third-order valence-electron chi connectivity index (χ3n) is 1.55. The van der Waals surface area contributed by atoms with Gasteiger partial charge in [0.05, 0.1) is 15.8 Å². The van der Waals surface area contributed by atoms with Crippen molar-refractivity contribution >= 4 is 42.9 Å².